The van der Waals surface area contributed by atoms with E-state index in [9.17, 15) is 9.59 Å². The van der Waals surface area contributed by atoms with Gasteiger partial charge >= 0.3 is 5.97 Å². The number of rotatable bonds is 6. The van der Waals surface area contributed by atoms with Crippen molar-refractivity contribution in [1.82, 2.24) is 19.4 Å². The highest BCUT2D eigenvalue weighted by atomic mass is 32.2. The number of thioether (sulfide) groups is 1. The molecule has 9 heteroatoms. The Morgan fingerprint density at radius 2 is 2.00 bits per heavy atom. The van der Waals surface area contributed by atoms with Crippen LogP contribution >= 0.6 is 23.1 Å². The first-order valence-corrected chi connectivity index (χ1v) is 10.1. The van der Waals surface area contributed by atoms with E-state index < -0.39 is 0 Å². The van der Waals surface area contributed by atoms with Crippen LogP contribution in [0.25, 0.3) is 4.96 Å². The maximum Gasteiger partial charge on any atom is 0.306 e. The van der Waals surface area contributed by atoms with Gasteiger partial charge < -0.3 is 4.74 Å². The van der Waals surface area contributed by atoms with Crippen LogP contribution in [0.5, 0.6) is 0 Å². The fourth-order valence-corrected chi connectivity index (χ4v) is 3.77. The van der Waals surface area contributed by atoms with Crippen LogP contribution in [0.2, 0.25) is 0 Å². The average molecular weight is 390 g/mol. The number of ether oxygens (including phenoxy) is 1. The van der Waals surface area contributed by atoms with Gasteiger partial charge in [0.15, 0.2) is 10.1 Å². The molecular weight excluding hydrogens is 372 g/mol. The first kappa shape index (κ1) is 18.5. The highest BCUT2D eigenvalue weighted by molar-refractivity contribution is 7.98. The lowest BCUT2D eigenvalue weighted by atomic mass is 10.1. The Bertz CT molecular complexity index is 990. The zero-order chi connectivity index (χ0) is 18.7. The Kier molecular flexibility index (Phi) is 5.67. The predicted molar refractivity (Wildman–Crippen MR) is 101 cm³/mol. The molecule has 0 saturated heterocycles. The van der Waals surface area contributed by atoms with Crippen LogP contribution in [0.1, 0.15) is 29.1 Å². The molecule has 3 rings (SSSR count). The Morgan fingerprint density at radius 1 is 1.27 bits per heavy atom. The average Bonchev–Trinajstić information content (AvgIpc) is 3.08. The predicted octanol–water partition coefficient (Wildman–Crippen LogP) is 2.56. The van der Waals surface area contributed by atoms with Crippen LogP contribution in [-0.4, -0.2) is 31.6 Å². The van der Waals surface area contributed by atoms with Crippen molar-refractivity contribution < 1.29 is 9.53 Å². The lowest BCUT2D eigenvalue weighted by Crippen LogP contribution is -2.15. The molecule has 0 aliphatic carbocycles. The van der Waals surface area contributed by atoms with Crippen LogP contribution < -0.4 is 5.56 Å². The first-order valence-electron chi connectivity index (χ1n) is 7.97. The minimum absolute atomic E-state index is 0.0116. The van der Waals surface area contributed by atoms with Crippen molar-refractivity contribution >= 4 is 34.0 Å². The molecule has 0 radical (unpaired) electrons. The first-order chi connectivity index (χ1) is 12.5. The molecule has 3 aromatic heterocycles. The van der Waals surface area contributed by atoms with Gasteiger partial charge in [-0.1, -0.05) is 11.8 Å². The molecule has 7 nitrogen and oxygen atoms in total. The minimum Gasteiger partial charge on any atom is -0.459 e. The van der Waals surface area contributed by atoms with E-state index in [1.165, 1.54) is 33.6 Å². The molecule has 0 fully saturated rings. The highest BCUT2D eigenvalue weighted by Crippen LogP contribution is 2.17. The number of esters is 1. The summed E-state index contributed by atoms with van der Waals surface area (Å²) in [5.41, 5.74) is 3.00. The van der Waals surface area contributed by atoms with Gasteiger partial charge in [-0.15, -0.1) is 11.3 Å². The van der Waals surface area contributed by atoms with Crippen molar-refractivity contribution in [3.8, 4) is 0 Å². The number of aromatic nitrogens is 4. The number of carbonyl (C=O) groups is 1. The van der Waals surface area contributed by atoms with Gasteiger partial charge in [0.2, 0.25) is 0 Å². The number of carbonyl (C=O) groups excluding carboxylic acids is 1. The van der Waals surface area contributed by atoms with Gasteiger partial charge in [0, 0.05) is 35.5 Å². The lowest BCUT2D eigenvalue weighted by Gasteiger charge is -2.10. The largest absolute Gasteiger partial charge is 0.459 e. The summed E-state index contributed by atoms with van der Waals surface area (Å²) >= 11 is 2.85. The Morgan fingerprint density at radius 3 is 2.69 bits per heavy atom. The van der Waals surface area contributed by atoms with Gasteiger partial charge in [0.1, 0.15) is 6.61 Å². The molecule has 136 valence electrons. The summed E-state index contributed by atoms with van der Waals surface area (Å²) in [5.74, 6) is -0.342. The van der Waals surface area contributed by atoms with Crippen LogP contribution in [0.3, 0.4) is 0 Å². The normalized spacial score (nSPS) is 11.0. The molecule has 0 saturated carbocycles. The van der Waals surface area contributed by atoms with E-state index in [1.807, 2.05) is 20.1 Å². The second kappa shape index (κ2) is 7.96. The van der Waals surface area contributed by atoms with E-state index in [-0.39, 0.29) is 24.6 Å². The van der Waals surface area contributed by atoms with E-state index in [0.717, 1.165) is 22.1 Å². The zero-order valence-electron chi connectivity index (χ0n) is 14.7. The van der Waals surface area contributed by atoms with Crippen LogP contribution in [0.4, 0.5) is 0 Å². The highest BCUT2D eigenvalue weighted by Gasteiger charge is 2.12. The monoisotopic (exact) mass is 390 g/mol. The minimum atomic E-state index is -0.342. The Balaban J connectivity index is 1.60. The molecule has 0 aromatic carbocycles. The zero-order valence-corrected chi connectivity index (χ0v) is 16.3. The van der Waals surface area contributed by atoms with Crippen molar-refractivity contribution in [3.63, 3.8) is 0 Å². The second-order valence-electron chi connectivity index (χ2n) is 5.66. The number of thiazole rings is 1. The van der Waals surface area contributed by atoms with Gasteiger partial charge in [0.25, 0.3) is 5.56 Å². The van der Waals surface area contributed by atoms with Crippen LogP contribution in [0, 0.1) is 13.8 Å². The molecule has 0 aliphatic rings. The second-order valence-corrected chi connectivity index (χ2v) is 7.31. The van der Waals surface area contributed by atoms with E-state index in [0.29, 0.717) is 17.1 Å². The fraction of sp³-hybridized carbons (Fsp3) is 0.353. The number of hydrogen-bond donors (Lipinski definition) is 0. The SMILES string of the molecule is CSc1nc(C)c(CCC(=O)OCc2cc(=O)n3ccsc3n2)c(C)n1. The molecule has 0 bridgehead atoms. The van der Waals surface area contributed by atoms with Crippen molar-refractivity contribution in [2.45, 2.75) is 38.5 Å². The molecule has 0 unspecified atom stereocenters. The Hall–Kier alpha value is -2.26. The summed E-state index contributed by atoms with van der Waals surface area (Å²) in [7, 11) is 0. The summed E-state index contributed by atoms with van der Waals surface area (Å²) in [4.78, 5) is 37.7. The maximum atomic E-state index is 12.1. The summed E-state index contributed by atoms with van der Waals surface area (Å²) in [5, 5.41) is 2.52. The van der Waals surface area contributed by atoms with Gasteiger partial charge in [-0.05, 0) is 32.1 Å². The molecular formula is C17H18N4O3S2. The smallest absolute Gasteiger partial charge is 0.306 e. The van der Waals surface area contributed by atoms with Gasteiger partial charge in [0.05, 0.1) is 5.69 Å². The molecule has 0 atom stereocenters. The number of nitrogens with zero attached hydrogens (tertiary/aromatic N) is 4. The number of aryl methyl sites for hydroxylation is 2. The quantitative estimate of drug-likeness (QED) is 0.363. The van der Waals surface area contributed by atoms with Crippen molar-refractivity contribution in [2.24, 2.45) is 0 Å². The van der Waals surface area contributed by atoms with Crippen molar-refractivity contribution in [2.75, 3.05) is 6.26 Å². The van der Waals surface area contributed by atoms with Crippen LogP contribution in [-0.2, 0) is 22.6 Å². The maximum absolute atomic E-state index is 12.1. The van der Waals surface area contributed by atoms with Crippen molar-refractivity contribution in [1.29, 1.82) is 0 Å². The van der Waals surface area contributed by atoms with Gasteiger partial charge in [-0.25, -0.2) is 15.0 Å². The molecule has 0 spiro atoms. The fourth-order valence-electron chi connectivity index (χ4n) is 2.58. The molecule has 3 heterocycles. The third-order valence-electron chi connectivity index (χ3n) is 3.90. The topological polar surface area (TPSA) is 86.5 Å². The lowest BCUT2D eigenvalue weighted by molar-refractivity contribution is -0.145. The summed E-state index contributed by atoms with van der Waals surface area (Å²) in [6.45, 7) is 3.83. The standard InChI is InChI=1S/C17H18N4O3S2/c1-10-13(11(2)19-16(18-10)25-3)4-5-15(23)24-9-12-8-14(22)21-6-7-26-17(21)20-12/h6-8H,4-5,9H2,1-3H3. The Labute approximate surface area is 158 Å². The third-order valence-corrected chi connectivity index (χ3v) is 5.20. The molecule has 26 heavy (non-hydrogen) atoms. The summed E-state index contributed by atoms with van der Waals surface area (Å²) in [6.07, 6.45) is 4.34. The number of hydrogen-bond acceptors (Lipinski definition) is 8. The summed E-state index contributed by atoms with van der Waals surface area (Å²) < 4.78 is 6.72. The van der Waals surface area contributed by atoms with E-state index in [2.05, 4.69) is 15.0 Å². The summed E-state index contributed by atoms with van der Waals surface area (Å²) in [6, 6.07) is 1.39. The van der Waals surface area contributed by atoms with Gasteiger partial charge in [-0.3, -0.25) is 14.0 Å². The van der Waals surface area contributed by atoms with E-state index in [1.54, 1.807) is 11.6 Å². The van der Waals surface area contributed by atoms with E-state index >= 15 is 0 Å². The molecule has 0 aliphatic heterocycles. The van der Waals surface area contributed by atoms with Crippen LogP contribution in [0.15, 0.2) is 27.6 Å². The van der Waals surface area contributed by atoms with Crippen molar-refractivity contribution in [3.05, 3.63) is 50.6 Å². The number of fused-ring (bicyclic) bond motifs is 1. The molecule has 0 N–H and O–H groups in total. The third kappa shape index (κ3) is 4.10. The molecule has 3 aromatic rings. The van der Waals surface area contributed by atoms with E-state index in [4.69, 9.17) is 4.74 Å². The molecule has 0 amide bonds. The van der Waals surface area contributed by atoms with Gasteiger partial charge in [-0.2, -0.15) is 0 Å².